The first-order chi connectivity index (χ1) is 26.6. The Balaban J connectivity index is 3.44. The summed E-state index contributed by atoms with van der Waals surface area (Å²) >= 11 is 0. The van der Waals surface area contributed by atoms with Crippen LogP contribution in [0.1, 0.15) is 229 Å². The summed E-state index contributed by atoms with van der Waals surface area (Å²) < 4.78 is 47.7. The molecular formula is C46H85O7PS. The van der Waals surface area contributed by atoms with Crippen molar-refractivity contribution < 1.29 is 31.5 Å². The van der Waals surface area contributed by atoms with Crippen LogP contribution < -0.4 is 0 Å². The summed E-state index contributed by atoms with van der Waals surface area (Å²) in [5, 5.41) is 0. The Labute approximate surface area is 339 Å². The van der Waals surface area contributed by atoms with Gasteiger partial charge in [-0.25, -0.2) is 0 Å². The van der Waals surface area contributed by atoms with Gasteiger partial charge in [0.15, 0.2) is 0 Å². The third-order valence-electron chi connectivity index (χ3n) is 11.2. The van der Waals surface area contributed by atoms with Gasteiger partial charge in [0.2, 0.25) is 0 Å². The topological polar surface area (TPSA) is 96.0 Å². The van der Waals surface area contributed by atoms with E-state index in [0.29, 0.717) is 0 Å². The molecular weight excluding hydrogens is 728 g/mol. The van der Waals surface area contributed by atoms with Crippen LogP contribution in [0.2, 0.25) is 0 Å². The molecule has 0 fully saturated rings. The predicted octanol–water partition coefficient (Wildman–Crippen LogP) is 14.4. The number of benzene rings is 1. The second-order valence-corrected chi connectivity index (χ2v) is 23.9. The molecule has 0 saturated heterocycles. The van der Waals surface area contributed by atoms with Gasteiger partial charge in [-0.15, -0.1) is 0 Å². The van der Waals surface area contributed by atoms with E-state index in [2.05, 4.69) is 41.5 Å². The van der Waals surface area contributed by atoms with Gasteiger partial charge < -0.3 is 0 Å². The molecule has 0 N–H and O–H groups in total. The molecule has 7 nitrogen and oxygen atoms in total. The Hall–Kier alpha value is -1.50. The number of ether oxygens (including phenoxy) is 2. The Morgan fingerprint density at radius 3 is 1.11 bits per heavy atom. The second-order valence-electron chi connectivity index (χ2n) is 16.4. The Morgan fingerprint density at radius 1 is 0.436 bits per heavy atom. The summed E-state index contributed by atoms with van der Waals surface area (Å²) in [6.07, 6.45) is 31.4. The molecule has 0 aliphatic heterocycles. The molecule has 0 bridgehead atoms. The van der Waals surface area contributed by atoms with Gasteiger partial charge >= 0.3 is 314 Å². The van der Waals surface area contributed by atoms with Gasteiger partial charge in [0.05, 0.1) is 0 Å². The van der Waals surface area contributed by atoms with E-state index < -0.39 is 28.9 Å². The molecule has 55 heavy (non-hydrogen) atoms. The molecule has 0 aliphatic rings. The van der Waals surface area contributed by atoms with Gasteiger partial charge in [0.25, 0.3) is 0 Å². The van der Waals surface area contributed by atoms with Crippen molar-refractivity contribution in [1.82, 2.24) is 0 Å². The van der Waals surface area contributed by atoms with Crippen LogP contribution in [0.15, 0.2) is 23.1 Å². The van der Waals surface area contributed by atoms with Gasteiger partial charge in [-0.1, -0.05) is 27.2 Å². The third-order valence-corrected chi connectivity index (χ3v) is 20.3. The van der Waals surface area contributed by atoms with Gasteiger partial charge in [0.1, 0.15) is 0 Å². The number of hydrogen-bond donors (Lipinski definition) is 0. The number of carbonyl (C=O) groups is 2. The summed E-state index contributed by atoms with van der Waals surface area (Å²) in [5.41, 5.74) is 0.0742. The van der Waals surface area contributed by atoms with Crippen molar-refractivity contribution in [2.75, 3.05) is 37.9 Å². The van der Waals surface area contributed by atoms with E-state index in [-0.39, 0.29) is 29.2 Å². The zero-order valence-electron chi connectivity index (χ0n) is 36.6. The summed E-state index contributed by atoms with van der Waals surface area (Å²) in [6, 6.07) is 4.13. The molecule has 0 atom stereocenters. The van der Waals surface area contributed by atoms with Crippen molar-refractivity contribution in [3.8, 4) is 0 Å². The first-order valence-electron chi connectivity index (χ1n) is 23.0. The molecule has 0 radical (unpaired) electrons. The average molecular weight is 813 g/mol. The van der Waals surface area contributed by atoms with Crippen molar-refractivity contribution in [3.05, 3.63) is 29.3 Å². The van der Waals surface area contributed by atoms with Crippen molar-refractivity contribution in [2.24, 2.45) is 0 Å². The quantitative estimate of drug-likeness (QED) is 0.0375. The molecule has 0 amide bonds. The fraction of sp³-hybridized carbons (Fsp3) is 0.826. The normalized spacial score (nSPS) is 12.7. The van der Waals surface area contributed by atoms with E-state index in [1.807, 2.05) is 0 Å². The average Bonchev–Trinajstić information content (AvgIpc) is 3.18. The number of unbranched alkanes of at least 4 members (excludes halogenated alkanes) is 20. The standard InChI is InChI=1S/C46H85O7PS/c1-7-13-19-22-23-24-25-26-27-28-29-32-38-54(35-16-10-4,36-17-11-5,37-18-12-6)53-55(49,50)44-40-42(45(47)51-33-30-20-14-8-2)39-43(41-44)46(48)52-34-31-21-15-9-3/h39-41H,7-38H2,1-6H3. The predicted molar refractivity (Wildman–Crippen MR) is 236 cm³/mol. The van der Waals surface area contributed by atoms with E-state index in [1.54, 1.807) is 0 Å². The van der Waals surface area contributed by atoms with Crippen LogP contribution in [0.3, 0.4) is 0 Å². The van der Waals surface area contributed by atoms with Crippen molar-refractivity contribution in [2.45, 2.75) is 213 Å². The van der Waals surface area contributed by atoms with Crippen LogP contribution in [-0.4, -0.2) is 58.2 Å². The Bertz CT molecular complexity index is 1200. The van der Waals surface area contributed by atoms with E-state index in [4.69, 9.17) is 13.4 Å². The fourth-order valence-electron chi connectivity index (χ4n) is 7.70. The Kier molecular flexibility index (Phi) is 28.6. The summed E-state index contributed by atoms with van der Waals surface area (Å²) in [5.74, 6) is -1.27. The van der Waals surface area contributed by atoms with Crippen LogP contribution in [-0.2, 0) is 23.6 Å². The number of carbonyl (C=O) groups excluding carboxylic acids is 2. The molecule has 9 heteroatoms. The number of esters is 2. The van der Waals surface area contributed by atoms with Gasteiger partial charge in [0, 0.05) is 0 Å². The molecule has 322 valence electrons. The first kappa shape index (κ1) is 51.5. The first-order valence-corrected chi connectivity index (χ1v) is 27.3. The van der Waals surface area contributed by atoms with E-state index in [9.17, 15) is 18.0 Å². The molecule has 0 spiro atoms. The van der Waals surface area contributed by atoms with Crippen LogP contribution in [0.5, 0.6) is 0 Å². The minimum absolute atomic E-state index is 0.0371. The molecule has 0 unspecified atom stereocenters. The van der Waals surface area contributed by atoms with Crippen LogP contribution in [0.25, 0.3) is 0 Å². The maximum atomic E-state index is 14.8. The van der Waals surface area contributed by atoms with Crippen molar-refractivity contribution in [3.63, 3.8) is 0 Å². The van der Waals surface area contributed by atoms with Crippen molar-refractivity contribution in [1.29, 1.82) is 0 Å². The molecule has 0 aromatic heterocycles. The van der Waals surface area contributed by atoms with Crippen molar-refractivity contribution >= 4 is 28.9 Å². The molecule has 1 aromatic rings. The second kappa shape index (κ2) is 30.6. The molecule has 0 saturated carbocycles. The minimum atomic E-state index is -4.37. The monoisotopic (exact) mass is 813 g/mol. The number of rotatable bonds is 37. The molecule has 1 rings (SSSR count). The zero-order chi connectivity index (χ0) is 40.7. The SMILES string of the molecule is CCCCCCCCCCCCCCP(CCCC)(CCCC)(CCCC)OS(=O)(=O)c1cc(C(=O)OCCCCCC)cc(C(=O)OCCCCCC)c1. The van der Waals surface area contributed by atoms with E-state index in [1.165, 1.54) is 76.0 Å². The van der Waals surface area contributed by atoms with Gasteiger partial charge in [-0.3, -0.25) is 0 Å². The van der Waals surface area contributed by atoms with E-state index >= 15 is 0 Å². The van der Waals surface area contributed by atoms with Crippen LogP contribution >= 0.6 is 6.83 Å². The fourth-order valence-corrected chi connectivity index (χ4v) is 17.7. The molecule has 0 aliphatic carbocycles. The number of hydrogen-bond acceptors (Lipinski definition) is 7. The summed E-state index contributed by atoms with van der Waals surface area (Å²) in [4.78, 5) is 26.6. The zero-order valence-corrected chi connectivity index (χ0v) is 38.3. The summed E-state index contributed by atoms with van der Waals surface area (Å²) in [7, 11) is -4.37. The van der Waals surface area contributed by atoms with E-state index in [0.717, 1.165) is 134 Å². The summed E-state index contributed by atoms with van der Waals surface area (Å²) in [6.45, 7) is 10.2. The molecule has 1 aromatic carbocycles. The maximum absolute atomic E-state index is 14.8. The van der Waals surface area contributed by atoms with Crippen LogP contribution in [0, 0.1) is 0 Å². The van der Waals surface area contributed by atoms with Gasteiger partial charge in [-0.05, 0) is 0 Å². The molecule has 0 heterocycles. The van der Waals surface area contributed by atoms with Crippen LogP contribution in [0.4, 0.5) is 0 Å². The van der Waals surface area contributed by atoms with Gasteiger partial charge in [-0.2, -0.15) is 0 Å². The third kappa shape index (κ3) is 21.2. The Morgan fingerprint density at radius 2 is 0.745 bits per heavy atom.